The second-order valence-corrected chi connectivity index (χ2v) is 6.98. The van der Waals surface area contributed by atoms with E-state index >= 15 is 0 Å². The highest BCUT2D eigenvalue weighted by molar-refractivity contribution is 5.77. The average molecular weight is 345 g/mol. The molecule has 6 nitrogen and oxygen atoms in total. The maximum Gasteiger partial charge on any atom is 0.319 e. The van der Waals surface area contributed by atoms with Crippen LogP contribution in [0.3, 0.4) is 0 Å². The van der Waals surface area contributed by atoms with E-state index in [1.165, 1.54) is 5.56 Å². The lowest BCUT2D eigenvalue weighted by Gasteiger charge is -2.39. The molecule has 2 heterocycles. The molecule has 1 aromatic carbocycles. The Morgan fingerprint density at radius 3 is 2.52 bits per heavy atom. The Morgan fingerprint density at radius 2 is 1.88 bits per heavy atom. The molecule has 3 rings (SSSR count). The molecular weight excluding hydrogens is 318 g/mol. The molecule has 2 fully saturated rings. The maximum absolute atomic E-state index is 12.7. The Kier molecular flexibility index (Phi) is 5.27. The quantitative estimate of drug-likeness (QED) is 0.782. The van der Waals surface area contributed by atoms with Gasteiger partial charge in [0.15, 0.2) is 0 Å². The van der Waals surface area contributed by atoms with Crippen LogP contribution in [0, 0.1) is 5.92 Å². The highest BCUT2D eigenvalue weighted by Crippen LogP contribution is 2.39. The minimum Gasteiger partial charge on any atom is -0.466 e. The fraction of sp³-hybridized carbons (Fsp3) is 0.579. The van der Waals surface area contributed by atoms with Gasteiger partial charge in [-0.05, 0) is 12.5 Å². The first kappa shape index (κ1) is 17.7. The molecule has 2 amide bonds. The third-order valence-corrected chi connectivity index (χ3v) is 5.25. The summed E-state index contributed by atoms with van der Waals surface area (Å²) in [5.74, 6) is -0.275. The van der Waals surface area contributed by atoms with Gasteiger partial charge in [-0.3, -0.25) is 9.69 Å². The molecule has 0 N–H and O–H groups in total. The average Bonchev–Trinajstić information content (AvgIpc) is 3.00. The van der Waals surface area contributed by atoms with Crippen LogP contribution in [-0.4, -0.2) is 79.6 Å². The van der Waals surface area contributed by atoms with E-state index in [1.807, 2.05) is 30.0 Å². The molecule has 136 valence electrons. The summed E-state index contributed by atoms with van der Waals surface area (Å²) in [6.45, 7) is 5.12. The second kappa shape index (κ2) is 7.44. The largest absolute Gasteiger partial charge is 0.466 e. The predicted octanol–water partition coefficient (Wildman–Crippen LogP) is 1.63. The normalized spacial score (nSPS) is 26.2. The van der Waals surface area contributed by atoms with Gasteiger partial charge in [0, 0.05) is 52.2 Å². The molecule has 2 aliphatic heterocycles. The van der Waals surface area contributed by atoms with Gasteiger partial charge >= 0.3 is 12.0 Å². The second-order valence-electron chi connectivity index (χ2n) is 6.98. The molecule has 0 spiro atoms. The summed E-state index contributed by atoms with van der Waals surface area (Å²) in [4.78, 5) is 30.9. The number of rotatable bonds is 3. The van der Waals surface area contributed by atoms with Crippen LogP contribution in [-0.2, 0) is 9.53 Å². The van der Waals surface area contributed by atoms with E-state index in [0.717, 1.165) is 13.1 Å². The van der Waals surface area contributed by atoms with Crippen LogP contribution < -0.4 is 0 Å². The molecule has 6 heteroatoms. The molecule has 25 heavy (non-hydrogen) atoms. The van der Waals surface area contributed by atoms with Crippen molar-refractivity contribution in [3.63, 3.8) is 0 Å². The Labute approximate surface area is 149 Å². The number of fused-ring (bicyclic) bond motifs is 1. The number of esters is 1. The van der Waals surface area contributed by atoms with E-state index in [-0.39, 0.29) is 29.9 Å². The molecule has 0 unspecified atom stereocenters. The number of carbonyl (C=O) groups is 2. The first-order chi connectivity index (χ1) is 12.0. The van der Waals surface area contributed by atoms with Crippen molar-refractivity contribution in [2.45, 2.75) is 18.9 Å². The van der Waals surface area contributed by atoms with Gasteiger partial charge in [0.25, 0.3) is 0 Å². The molecule has 0 aliphatic carbocycles. The van der Waals surface area contributed by atoms with Gasteiger partial charge in [-0.1, -0.05) is 30.3 Å². The van der Waals surface area contributed by atoms with E-state index in [2.05, 4.69) is 17.0 Å². The van der Waals surface area contributed by atoms with E-state index in [1.54, 1.807) is 19.0 Å². The summed E-state index contributed by atoms with van der Waals surface area (Å²) in [7, 11) is 3.53. The molecule has 2 aliphatic rings. The Balaban J connectivity index is 1.86. The lowest BCUT2D eigenvalue weighted by molar-refractivity contribution is -0.149. The van der Waals surface area contributed by atoms with E-state index < -0.39 is 0 Å². The van der Waals surface area contributed by atoms with Crippen molar-refractivity contribution in [3.05, 3.63) is 35.9 Å². The van der Waals surface area contributed by atoms with Crippen molar-refractivity contribution < 1.29 is 14.3 Å². The van der Waals surface area contributed by atoms with Gasteiger partial charge in [-0.2, -0.15) is 0 Å². The van der Waals surface area contributed by atoms with E-state index in [9.17, 15) is 9.59 Å². The van der Waals surface area contributed by atoms with Crippen LogP contribution in [0.4, 0.5) is 4.79 Å². The maximum atomic E-state index is 12.7. The van der Waals surface area contributed by atoms with Crippen molar-refractivity contribution in [1.29, 1.82) is 0 Å². The van der Waals surface area contributed by atoms with Gasteiger partial charge in [0.2, 0.25) is 0 Å². The van der Waals surface area contributed by atoms with Gasteiger partial charge in [0.05, 0.1) is 12.5 Å². The number of piperazine rings is 1. The number of carbonyl (C=O) groups excluding carboxylic acids is 2. The summed E-state index contributed by atoms with van der Waals surface area (Å²) in [5, 5.41) is 0. The summed E-state index contributed by atoms with van der Waals surface area (Å²) < 4.78 is 5.39. The van der Waals surface area contributed by atoms with Crippen LogP contribution in [0.5, 0.6) is 0 Å². The Morgan fingerprint density at radius 1 is 1.16 bits per heavy atom. The Hall–Kier alpha value is -2.08. The highest BCUT2D eigenvalue weighted by atomic mass is 16.5. The zero-order chi connectivity index (χ0) is 18.0. The monoisotopic (exact) mass is 345 g/mol. The summed E-state index contributed by atoms with van der Waals surface area (Å²) in [6.07, 6.45) is 0. The SMILES string of the molecule is CCOC(=O)[C@@H]1[C@@H](c2ccccc2)CN2CCN(C(=O)N(C)C)C[C@H]12. The fourth-order valence-electron chi connectivity index (χ4n) is 4.08. The molecular formula is C19H27N3O3. The number of nitrogens with zero attached hydrogens (tertiary/aromatic N) is 3. The topological polar surface area (TPSA) is 53.1 Å². The number of amides is 2. The van der Waals surface area contributed by atoms with E-state index in [0.29, 0.717) is 19.7 Å². The lowest BCUT2D eigenvalue weighted by atomic mass is 9.85. The molecule has 0 bridgehead atoms. The number of ether oxygens (including phenoxy) is 1. The minimum absolute atomic E-state index is 0.00502. The minimum atomic E-state index is -0.236. The number of urea groups is 1. The first-order valence-corrected chi connectivity index (χ1v) is 8.94. The van der Waals surface area contributed by atoms with Crippen molar-refractivity contribution in [2.75, 3.05) is 46.9 Å². The fourth-order valence-corrected chi connectivity index (χ4v) is 4.08. The van der Waals surface area contributed by atoms with Gasteiger partial charge in [-0.15, -0.1) is 0 Å². The number of hydrogen-bond acceptors (Lipinski definition) is 4. The number of benzene rings is 1. The predicted molar refractivity (Wildman–Crippen MR) is 95.3 cm³/mol. The zero-order valence-electron chi connectivity index (χ0n) is 15.2. The van der Waals surface area contributed by atoms with Crippen LogP contribution >= 0.6 is 0 Å². The molecule has 2 saturated heterocycles. The molecule has 0 radical (unpaired) electrons. The third-order valence-electron chi connectivity index (χ3n) is 5.25. The zero-order valence-corrected chi connectivity index (χ0v) is 15.2. The van der Waals surface area contributed by atoms with Gasteiger partial charge < -0.3 is 14.5 Å². The standard InChI is InChI=1S/C19H27N3O3/c1-4-25-18(23)17-15(14-8-6-5-7-9-14)12-21-10-11-22(13-16(17)21)19(24)20(2)3/h5-9,15-17H,4,10-13H2,1-3H3/t15-,16-,17-/m1/s1. The molecule has 1 aromatic rings. The molecule has 3 atom stereocenters. The molecule has 0 aromatic heterocycles. The van der Waals surface area contributed by atoms with Crippen molar-refractivity contribution in [2.24, 2.45) is 5.92 Å². The third kappa shape index (κ3) is 3.49. The van der Waals surface area contributed by atoms with Gasteiger partial charge in [-0.25, -0.2) is 4.79 Å². The lowest BCUT2D eigenvalue weighted by Crippen LogP contribution is -2.56. The van der Waals surface area contributed by atoms with Crippen molar-refractivity contribution >= 4 is 12.0 Å². The van der Waals surface area contributed by atoms with Crippen LogP contribution in [0.25, 0.3) is 0 Å². The summed E-state index contributed by atoms with van der Waals surface area (Å²) in [6, 6.07) is 10.2. The van der Waals surface area contributed by atoms with Crippen LogP contribution in [0.1, 0.15) is 18.4 Å². The van der Waals surface area contributed by atoms with E-state index in [4.69, 9.17) is 4.74 Å². The van der Waals surface area contributed by atoms with Crippen molar-refractivity contribution in [3.8, 4) is 0 Å². The van der Waals surface area contributed by atoms with Gasteiger partial charge in [0.1, 0.15) is 0 Å². The molecule has 0 saturated carbocycles. The smallest absolute Gasteiger partial charge is 0.319 e. The van der Waals surface area contributed by atoms with Crippen molar-refractivity contribution in [1.82, 2.24) is 14.7 Å². The Bertz CT molecular complexity index is 620. The highest BCUT2D eigenvalue weighted by Gasteiger charge is 2.49. The summed E-state index contributed by atoms with van der Waals surface area (Å²) in [5.41, 5.74) is 1.17. The summed E-state index contributed by atoms with van der Waals surface area (Å²) >= 11 is 0. The number of hydrogen-bond donors (Lipinski definition) is 0. The first-order valence-electron chi connectivity index (χ1n) is 8.94. The van der Waals surface area contributed by atoms with Crippen LogP contribution in [0.2, 0.25) is 0 Å². The van der Waals surface area contributed by atoms with Crippen LogP contribution in [0.15, 0.2) is 30.3 Å².